The Kier molecular flexibility index (Phi) is 7.88. The van der Waals surface area contributed by atoms with E-state index >= 15 is 0 Å². The summed E-state index contributed by atoms with van der Waals surface area (Å²) in [7, 11) is 0. The summed E-state index contributed by atoms with van der Waals surface area (Å²) in [6, 6.07) is 5.93. The number of nitrogens with zero attached hydrogens (tertiary/aromatic N) is 9. The Balaban J connectivity index is 1.22. The van der Waals surface area contributed by atoms with Gasteiger partial charge >= 0.3 is 6.09 Å². The second-order valence-corrected chi connectivity index (χ2v) is 11.5. The number of aromatic nitrogens is 6. The van der Waals surface area contributed by atoms with Crippen LogP contribution in [-0.4, -0.2) is 98.4 Å². The summed E-state index contributed by atoms with van der Waals surface area (Å²) in [5, 5.41) is 0. The van der Waals surface area contributed by atoms with Crippen molar-refractivity contribution in [1.29, 1.82) is 0 Å². The first-order chi connectivity index (χ1) is 20.3. The number of fused-ring (bicyclic) bond motifs is 1. The van der Waals surface area contributed by atoms with E-state index < -0.39 is 5.60 Å². The highest BCUT2D eigenvalue weighted by Crippen LogP contribution is 2.28. The largest absolute Gasteiger partial charge is 0.444 e. The molecule has 220 valence electrons. The third kappa shape index (κ3) is 6.28. The van der Waals surface area contributed by atoms with Crippen molar-refractivity contribution in [3.63, 3.8) is 0 Å². The molecular formula is C30H37N9O3. The molecule has 0 atom stereocenters. The minimum absolute atomic E-state index is 0.265. The summed E-state index contributed by atoms with van der Waals surface area (Å²) in [6.07, 6.45) is 10.6. The van der Waals surface area contributed by atoms with Gasteiger partial charge in [0.1, 0.15) is 17.2 Å². The van der Waals surface area contributed by atoms with E-state index in [0.29, 0.717) is 45.8 Å². The lowest BCUT2D eigenvalue weighted by atomic mass is 10.2. The van der Waals surface area contributed by atoms with Gasteiger partial charge in [-0.25, -0.2) is 29.7 Å². The van der Waals surface area contributed by atoms with Crippen molar-refractivity contribution in [1.82, 2.24) is 34.2 Å². The summed E-state index contributed by atoms with van der Waals surface area (Å²) >= 11 is 0. The van der Waals surface area contributed by atoms with Crippen molar-refractivity contribution in [2.45, 2.75) is 39.2 Å². The maximum Gasteiger partial charge on any atom is 0.410 e. The number of carbonyl (C=O) groups excluding carboxylic acids is 1. The molecule has 4 aromatic heterocycles. The van der Waals surface area contributed by atoms with Gasteiger partial charge in [0, 0.05) is 76.0 Å². The zero-order valence-corrected chi connectivity index (χ0v) is 24.4. The van der Waals surface area contributed by atoms with Crippen LogP contribution in [0, 0.1) is 0 Å². The number of amides is 1. The van der Waals surface area contributed by atoms with Gasteiger partial charge in [-0.05, 0) is 45.4 Å². The summed E-state index contributed by atoms with van der Waals surface area (Å²) < 4.78 is 13.2. The van der Waals surface area contributed by atoms with Crippen LogP contribution in [0.2, 0.25) is 0 Å². The van der Waals surface area contributed by atoms with Crippen molar-refractivity contribution in [2.75, 3.05) is 62.3 Å². The van der Waals surface area contributed by atoms with Crippen molar-refractivity contribution in [3.05, 3.63) is 60.7 Å². The number of rotatable bonds is 6. The molecule has 0 aliphatic carbocycles. The fourth-order valence-corrected chi connectivity index (χ4v) is 5.21. The SMILES string of the molecule is CC(C)(C)OC(=O)N1CCN(c2ccc(-c3cnc(N4CCOCC4)c4nc(CCc5ncccn5)cn34)cn2)CC1. The third-order valence-corrected chi connectivity index (χ3v) is 7.36. The van der Waals surface area contributed by atoms with Crippen molar-refractivity contribution in [2.24, 2.45) is 0 Å². The van der Waals surface area contributed by atoms with Crippen LogP contribution in [0.1, 0.15) is 32.3 Å². The molecule has 0 N–H and O–H groups in total. The van der Waals surface area contributed by atoms with Gasteiger partial charge in [-0.15, -0.1) is 0 Å². The van der Waals surface area contributed by atoms with E-state index in [-0.39, 0.29) is 6.09 Å². The maximum atomic E-state index is 12.4. The summed E-state index contributed by atoms with van der Waals surface area (Å²) in [4.78, 5) is 42.0. The normalized spacial score (nSPS) is 16.2. The van der Waals surface area contributed by atoms with E-state index in [9.17, 15) is 4.79 Å². The molecule has 2 fully saturated rings. The number of imidazole rings is 1. The first kappa shape index (κ1) is 27.8. The third-order valence-electron chi connectivity index (χ3n) is 7.36. The molecule has 2 saturated heterocycles. The maximum absolute atomic E-state index is 12.4. The van der Waals surface area contributed by atoms with Gasteiger partial charge in [0.15, 0.2) is 11.5 Å². The fraction of sp³-hybridized carbons (Fsp3) is 0.467. The van der Waals surface area contributed by atoms with Gasteiger partial charge in [-0.2, -0.15) is 0 Å². The van der Waals surface area contributed by atoms with E-state index in [1.165, 1.54) is 0 Å². The van der Waals surface area contributed by atoms with Gasteiger partial charge in [-0.3, -0.25) is 4.40 Å². The average Bonchev–Trinajstić information content (AvgIpc) is 3.44. The van der Waals surface area contributed by atoms with E-state index in [0.717, 1.165) is 59.6 Å². The number of pyridine rings is 1. The molecule has 1 amide bonds. The molecule has 6 rings (SSSR count). The first-order valence-electron chi connectivity index (χ1n) is 14.5. The Morgan fingerprint density at radius 1 is 0.905 bits per heavy atom. The summed E-state index contributed by atoms with van der Waals surface area (Å²) in [6.45, 7) is 11.1. The highest BCUT2D eigenvalue weighted by Gasteiger charge is 2.26. The molecule has 6 heterocycles. The Bertz CT molecular complexity index is 1510. The molecule has 2 aliphatic heterocycles. The molecule has 2 aliphatic rings. The Labute approximate surface area is 245 Å². The Morgan fingerprint density at radius 3 is 2.36 bits per heavy atom. The van der Waals surface area contributed by atoms with Gasteiger partial charge in [0.2, 0.25) is 0 Å². The van der Waals surface area contributed by atoms with Crippen LogP contribution >= 0.6 is 0 Å². The summed E-state index contributed by atoms with van der Waals surface area (Å²) in [5.74, 6) is 2.54. The smallest absolute Gasteiger partial charge is 0.410 e. The van der Waals surface area contributed by atoms with Crippen molar-refractivity contribution >= 4 is 23.4 Å². The van der Waals surface area contributed by atoms with Crippen molar-refractivity contribution in [3.8, 4) is 11.3 Å². The number of morpholine rings is 1. The number of anilines is 2. The molecular weight excluding hydrogens is 534 g/mol. The molecule has 0 bridgehead atoms. The Hall–Kier alpha value is -4.32. The molecule has 0 unspecified atom stereocenters. The van der Waals surface area contributed by atoms with Gasteiger partial charge in [0.25, 0.3) is 0 Å². The molecule has 0 spiro atoms. The first-order valence-corrected chi connectivity index (χ1v) is 14.5. The van der Waals surface area contributed by atoms with Crippen LogP contribution in [0.15, 0.2) is 49.2 Å². The molecule has 42 heavy (non-hydrogen) atoms. The lowest BCUT2D eigenvalue weighted by Gasteiger charge is -2.36. The number of hydrogen-bond acceptors (Lipinski definition) is 10. The van der Waals surface area contributed by atoms with Crippen LogP contribution in [0.25, 0.3) is 16.9 Å². The minimum atomic E-state index is -0.501. The monoisotopic (exact) mass is 571 g/mol. The highest BCUT2D eigenvalue weighted by molar-refractivity contribution is 5.72. The molecule has 0 radical (unpaired) electrons. The summed E-state index contributed by atoms with van der Waals surface area (Å²) in [5.41, 5.74) is 3.15. The lowest BCUT2D eigenvalue weighted by molar-refractivity contribution is 0.0240. The number of carbonyl (C=O) groups is 1. The fourth-order valence-electron chi connectivity index (χ4n) is 5.21. The van der Waals surface area contributed by atoms with E-state index in [4.69, 9.17) is 24.4 Å². The minimum Gasteiger partial charge on any atom is -0.444 e. The zero-order chi connectivity index (χ0) is 29.1. The molecule has 0 saturated carbocycles. The van der Waals surface area contributed by atoms with Crippen LogP contribution in [0.3, 0.4) is 0 Å². The van der Waals surface area contributed by atoms with E-state index in [1.807, 2.05) is 45.3 Å². The van der Waals surface area contributed by atoms with Crippen LogP contribution < -0.4 is 9.80 Å². The second kappa shape index (κ2) is 11.9. The lowest BCUT2D eigenvalue weighted by Crippen LogP contribution is -2.50. The predicted octanol–water partition coefficient (Wildman–Crippen LogP) is 3.26. The number of ether oxygens (including phenoxy) is 2. The second-order valence-electron chi connectivity index (χ2n) is 11.5. The molecule has 0 aromatic carbocycles. The zero-order valence-electron chi connectivity index (χ0n) is 24.4. The standard InChI is InChI=1S/C30H37N9O3/c1-30(2,3)42-29(40)38-13-11-36(12-14-38)26-8-5-22(19-33-26)24-20-34-27(37-15-17-41-18-16-37)28-35-23(21-39(24)28)6-7-25-31-9-4-10-32-25/h4-5,8-10,19-21H,6-7,11-18H2,1-3H3. The van der Waals surface area contributed by atoms with Gasteiger partial charge in [0.05, 0.1) is 30.8 Å². The van der Waals surface area contributed by atoms with Crippen LogP contribution in [-0.2, 0) is 22.3 Å². The number of hydrogen-bond donors (Lipinski definition) is 0. The van der Waals surface area contributed by atoms with Crippen molar-refractivity contribution < 1.29 is 14.3 Å². The highest BCUT2D eigenvalue weighted by atomic mass is 16.6. The van der Waals surface area contributed by atoms with Crippen LogP contribution in [0.5, 0.6) is 0 Å². The molecule has 12 heteroatoms. The number of aryl methyl sites for hydroxylation is 2. The topological polar surface area (TPSA) is 114 Å². The van der Waals surface area contributed by atoms with E-state index in [2.05, 4.69) is 36.4 Å². The van der Waals surface area contributed by atoms with E-state index in [1.54, 1.807) is 17.3 Å². The van der Waals surface area contributed by atoms with Gasteiger partial charge < -0.3 is 24.2 Å². The van der Waals surface area contributed by atoms with Gasteiger partial charge in [-0.1, -0.05) is 0 Å². The quantitative estimate of drug-likeness (QED) is 0.342. The van der Waals surface area contributed by atoms with Crippen LogP contribution in [0.4, 0.5) is 16.4 Å². The average molecular weight is 572 g/mol. The number of piperazine rings is 1. The Morgan fingerprint density at radius 2 is 1.67 bits per heavy atom. The molecule has 12 nitrogen and oxygen atoms in total. The predicted molar refractivity (Wildman–Crippen MR) is 159 cm³/mol. The molecule has 4 aromatic rings.